The molecule has 0 bridgehead atoms. The van der Waals surface area contributed by atoms with Crippen LogP contribution in [0.1, 0.15) is 18.4 Å². The maximum atomic E-state index is 12.6. The molecule has 2 heterocycles. The lowest BCUT2D eigenvalue weighted by Crippen LogP contribution is -2.53. The Kier molecular flexibility index (Phi) is 2.96. The molecule has 1 N–H and O–H groups in total. The smallest absolute Gasteiger partial charge is 0.234 e. The van der Waals surface area contributed by atoms with Crippen LogP contribution in [0.5, 0.6) is 5.75 Å². The lowest BCUT2D eigenvalue weighted by molar-refractivity contribution is -0.135. The van der Waals surface area contributed by atoms with E-state index >= 15 is 0 Å². The van der Waals surface area contributed by atoms with Gasteiger partial charge in [-0.3, -0.25) is 4.79 Å². The molecule has 1 fully saturated rings. The SMILES string of the molecule is C[C@H]1CNCCN1C(=O)[C@@H]1COc2ccccc21. The number of piperazine rings is 1. The third-order valence-electron chi connectivity index (χ3n) is 3.78. The fourth-order valence-corrected chi connectivity index (χ4v) is 2.74. The van der Waals surface area contributed by atoms with E-state index in [1.165, 1.54) is 0 Å². The molecule has 4 heteroatoms. The van der Waals surface area contributed by atoms with Crippen LogP contribution in [-0.2, 0) is 4.79 Å². The molecule has 2 aliphatic rings. The van der Waals surface area contributed by atoms with Crippen LogP contribution in [-0.4, -0.2) is 43.1 Å². The third kappa shape index (κ3) is 1.86. The summed E-state index contributed by atoms with van der Waals surface area (Å²) in [7, 11) is 0. The average Bonchev–Trinajstić information content (AvgIpc) is 2.82. The minimum Gasteiger partial charge on any atom is -0.492 e. The number of hydrogen-bond acceptors (Lipinski definition) is 3. The molecule has 0 aliphatic carbocycles. The van der Waals surface area contributed by atoms with Crippen LogP contribution in [0.4, 0.5) is 0 Å². The second-order valence-electron chi connectivity index (χ2n) is 4.99. The van der Waals surface area contributed by atoms with Crippen molar-refractivity contribution in [3.63, 3.8) is 0 Å². The van der Waals surface area contributed by atoms with E-state index < -0.39 is 0 Å². The second-order valence-corrected chi connectivity index (χ2v) is 4.99. The van der Waals surface area contributed by atoms with Crippen molar-refractivity contribution in [1.29, 1.82) is 0 Å². The van der Waals surface area contributed by atoms with Crippen molar-refractivity contribution in [2.45, 2.75) is 18.9 Å². The second kappa shape index (κ2) is 4.61. The Labute approximate surface area is 107 Å². The zero-order valence-electron chi connectivity index (χ0n) is 10.6. The van der Waals surface area contributed by atoms with Gasteiger partial charge < -0.3 is 15.0 Å². The number of carbonyl (C=O) groups excluding carboxylic acids is 1. The Hall–Kier alpha value is -1.55. The number of ether oxygens (including phenoxy) is 1. The van der Waals surface area contributed by atoms with Crippen molar-refractivity contribution in [1.82, 2.24) is 10.2 Å². The molecule has 0 radical (unpaired) electrons. The summed E-state index contributed by atoms with van der Waals surface area (Å²) in [5, 5.41) is 3.30. The van der Waals surface area contributed by atoms with E-state index in [4.69, 9.17) is 4.74 Å². The number of amides is 1. The van der Waals surface area contributed by atoms with Crippen molar-refractivity contribution in [3.8, 4) is 5.75 Å². The topological polar surface area (TPSA) is 41.6 Å². The maximum absolute atomic E-state index is 12.6. The van der Waals surface area contributed by atoms with Crippen LogP contribution in [0.25, 0.3) is 0 Å². The van der Waals surface area contributed by atoms with Crippen LogP contribution in [0, 0.1) is 0 Å². The Bertz CT molecular complexity index is 461. The lowest BCUT2D eigenvalue weighted by Gasteiger charge is -2.35. The first-order chi connectivity index (χ1) is 8.77. The molecule has 2 aliphatic heterocycles. The number of hydrogen-bond donors (Lipinski definition) is 1. The molecule has 1 aromatic carbocycles. The summed E-state index contributed by atoms with van der Waals surface area (Å²) in [5.74, 6) is 0.939. The Morgan fingerprint density at radius 2 is 2.28 bits per heavy atom. The summed E-state index contributed by atoms with van der Waals surface area (Å²) in [6.45, 7) is 5.12. The number of nitrogens with one attached hydrogen (secondary N) is 1. The van der Waals surface area contributed by atoms with E-state index in [1.54, 1.807) is 0 Å². The van der Waals surface area contributed by atoms with Crippen molar-refractivity contribution in [2.24, 2.45) is 0 Å². The molecule has 0 spiro atoms. The van der Waals surface area contributed by atoms with E-state index in [9.17, 15) is 4.79 Å². The third-order valence-corrected chi connectivity index (χ3v) is 3.78. The molecular weight excluding hydrogens is 228 g/mol. The van der Waals surface area contributed by atoms with Gasteiger partial charge in [-0.05, 0) is 13.0 Å². The van der Waals surface area contributed by atoms with Crippen LogP contribution < -0.4 is 10.1 Å². The summed E-state index contributed by atoms with van der Waals surface area (Å²) in [5.41, 5.74) is 1.04. The number of fused-ring (bicyclic) bond motifs is 1. The summed E-state index contributed by atoms with van der Waals surface area (Å²) in [6.07, 6.45) is 0. The Balaban J connectivity index is 1.82. The van der Waals surface area contributed by atoms with Crippen LogP contribution in [0.15, 0.2) is 24.3 Å². The zero-order valence-corrected chi connectivity index (χ0v) is 10.6. The fraction of sp³-hybridized carbons (Fsp3) is 0.500. The molecule has 4 nitrogen and oxygen atoms in total. The van der Waals surface area contributed by atoms with Gasteiger partial charge in [0, 0.05) is 31.2 Å². The average molecular weight is 246 g/mol. The van der Waals surface area contributed by atoms with Gasteiger partial charge in [0.15, 0.2) is 0 Å². The number of para-hydroxylation sites is 1. The summed E-state index contributed by atoms with van der Waals surface area (Å²) >= 11 is 0. The van der Waals surface area contributed by atoms with Crippen molar-refractivity contribution in [3.05, 3.63) is 29.8 Å². The minimum atomic E-state index is -0.123. The van der Waals surface area contributed by atoms with E-state index in [1.807, 2.05) is 29.2 Å². The predicted molar refractivity (Wildman–Crippen MR) is 68.7 cm³/mol. The molecule has 0 aromatic heterocycles. The van der Waals surface area contributed by atoms with E-state index in [-0.39, 0.29) is 17.9 Å². The lowest BCUT2D eigenvalue weighted by atomic mass is 9.98. The predicted octanol–water partition coefficient (Wildman–Crippen LogP) is 0.983. The zero-order chi connectivity index (χ0) is 12.5. The van der Waals surface area contributed by atoms with Crippen LogP contribution in [0.3, 0.4) is 0 Å². The minimum absolute atomic E-state index is 0.123. The molecule has 1 aromatic rings. The van der Waals surface area contributed by atoms with Crippen LogP contribution >= 0.6 is 0 Å². The van der Waals surface area contributed by atoms with E-state index in [0.29, 0.717) is 6.61 Å². The van der Waals surface area contributed by atoms with E-state index in [2.05, 4.69) is 12.2 Å². The first-order valence-electron chi connectivity index (χ1n) is 6.50. The van der Waals surface area contributed by atoms with Gasteiger partial charge in [0.1, 0.15) is 18.3 Å². The number of rotatable bonds is 1. The molecule has 1 amide bonds. The first kappa shape index (κ1) is 11.5. The van der Waals surface area contributed by atoms with Gasteiger partial charge in [-0.25, -0.2) is 0 Å². The normalized spacial score (nSPS) is 26.6. The highest BCUT2D eigenvalue weighted by molar-refractivity contribution is 5.86. The van der Waals surface area contributed by atoms with Gasteiger partial charge in [0.05, 0.1) is 0 Å². The first-order valence-corrected chi connectivity index (χ1v) is 6.50. The summed E-state index contributed by atoms with van der Waals surface area (Å²) < 4.78 is 5.60. The maximum Gasteiger partial charge on any atom is 0.234 e. The largest absolute Gasteiger partial charge is 0.492 e. The number of nitrogens with zero attached hydrogens (tertiary/aromatic N) is 1. The van der Waals surface area contributed by atoms with Gasteiger partial charge in [-0.15, -0.1) is 0 Å². The van der Waals surface area contributed by atoms with Gasteiger partial charge in [0.2, 0.25) is 5.91 Å². The molecule has 0 saturated carbocycles. The van der Waals surface area contributed by atoms with E-state index in [0.717, 1.165) is 30.9 Å². The molecule has 0 unspecified atom stereocenters. The van der Waals surface area contributed by atoms with Gasteiger partial charge >= 0.3 is 0 Å². The molecule has 3 rings (SSSR count). The molecule has 1 saturated heterocycles. The molecule has 2 atom stereocenters. The fourth-order valence-electron chi connectivity index (χ4n) is 2.74. The van der Waals surface area contributed by atoms with Gasteiger partial charge in [-0.1, -0.05) is 18.2 Å². The highest BCUT2D eigenvalue weighted by atomic mass is 16.5. The van der Waals surface area contributed by atoms with Crippen LogP contribution in [0.2, 0.25) is 0 Å². The van der Waals surface area contributed by atoms with Crippen molar-refractivity contribution < 1.29 is 9.53 Å². The standard InChI is InChI=1S/C14H18N2O2/c1-10-8-15-6-7-16(10)14(17)12-9-18-13-5-3-2-4-11(12)13/h2-5,10,12,15H,6-9H2,1H3/t10-,12+/m0/s1. The monoisotopic (exact) mass is 246 g/mol. The summed E-state index contributed by atoms with van der Waals surface area (Å²) in [6, 6.07) is 8.11. The quantitative estimate of drug-likeness (QED) is 0.803. The summed E-state index contributed by atoms with van der Waals surface area (Å²) in [4.78, 5) is 14.6. The highest BCUT2D eigenvalue weighted by Gasteiger charge is 2.35. The molecule has 18 heavy (non-hydrogen) atoms. The molecular formula is C14H18N2O2. The Morgan fingerprint density at radius 3 is 3.11 bits per heavy atom. The van der Waals surface area contributed by atoms with Crippen molar-refractivity contribution in [2.75, 3.05) is 26.2 Å². The van der Waals surface area contributed by atoms with Crippen molar-refractivity contribution >= 4 is 5.91 Å². The number of benzene rings is 1. The number of carbonyl (C=O) groups is 1. The molecule has 96 valence electrons. The Morgan fingerprint density at radius 1 is 1.44 bits per heavy atom. The highest BCUT2D eigenvalue weighted by Crippen LogP contribution is 2.34. The van der Waals surface area contributed by atoms with Gasteiger partial charge in [0.25, 0.3) is 0 Å². The van der Waals surface area contributed by atoms with Gasteiger partial charge in [-0.2, -0.15) is 0 Å².